The maximum Gasteiger partial charge on any atom is 0.274 e. The SMILES string of the molecule is CCOc1cc(C(=O)N2CC(C)OC(C)C2)nn1-c1ccccc1. The Morgan fingerprint density at radius 3 is 2.54 bits per heavy atom. The van der Waals surface area contributed by atoms with Crippen LogP contribution in [0, 0.1) is 0 Å². The number of aromatic nitrogens is 2. The van der Waals surface area contributed by atoms with Crippen LogP contribution in [0.5, 0.6) is 5.88 Å². The first-order chi connectivity index (χ1) is 11.6. The van der Waals surface area contributed by atoms with Gasteiger partial charge in [-0.05, 0) is 32.9 Å². The van der Waals surface area contributed by atoms with Crippen molar-refractivity contribution in [2.24, 2.45) is 0 Å². The van der Waals surface area contributed by atoms with E-state index in [4.69, 9.17) is 9.47 Å². The van der Waals surface area contributed by atoms with E-state index in [0.29, 0.717) is 31.3 Å². The second-order valence-electron chi connectivity index (χ2n) is 6.02. The Morgan fingerprint density at radius 2 is 1.92 bits per heavy atom. The number of hydrogen-bond donors (Lipinski definition) is 0. The van der Waals surface area contributed by atoms with Gasteiger partial charge in [-0.25, -0.2) is 4.68 Å². The Bertz CT molecular complexity index is 689. The average molecular weight is 329 g/mol. The summed E-state index contributed by atoms with van der Waals surface area (Å²) in [6, 6.07) is 11.4. The van der Waals surface area contributed by atoms with E-state index in [-0.39, 0.29) is 18.1 Å². The van der Waals surface area contributed by atoms with Crippen molar-refractivity contribution in [2.75, 3.05) is 19.7 Å². The van der Waals surface area contributed by atoms with Gasteiger partial charge < -0.3 is 14.4 Å². The Morgan fingerprint density at radius 1 is 1.25 bits per heavy atom. The fourth-order valence-electron chi connectivity index (χ4n) is 2.98. The smallest absolute Gasteiger partial charge is 0.274 e. The second kappa shape index (κ2) is 7.05. The molecule has 1 fully saturated rings. The molecule has 1 aromatic carbocycles. The van der Waals surface area contributed by atoms with Crippen LogP contribution in [0.15, 0.2) is 36.4 Å². The molecule has 0 N–H and O–H groups in total. The third kappa shape index (κ3) is 3.43. The van der Waals surface area contributed by atoms with Gasteiger partial charge in [0.15, 0.2) is 5.69 Å². The Hall–Kier alpha value is -2.34. The molecule has 1 amide bonds. The van der Waals surface area contributed by atoms with Gasteiger partial charge in [0.25, 0.3) is 5.91 Å². The van der Waals surface area contributed by atoms with Crippen LogP contribution in [-0.4, -0.2) is 52.5 Å². The van der Waals surface area contributed by atoms with E-state index in [1.54, 1.807) is 15.6 Å². The number of morpholine rings is 1. The van der Waals surface area contributed by atoms with Gasteiger partial charge in [0.2, 0.25) is 5.88 Å². The summed E-state index contributed by atoms with van der Waals surface area (Å²) >= 11 is 0. The molecule has 0 bridgehead atoms. The zero-order valence-corrected chi connectivity index (χ0v) is 14.3. The number of rotatable bonds is 4. The van der Waals surface area contributed by atoms with Crippen LogP contribution in [-0.2, 0) is 4.74 Å². The summed E-state index contributed by atoms with van der Waals surface area (Å²) in [5, 5.41) is 4.48. The number of ether oxygens (including phenoxy) is 2. The highest BCUT2D eigenvalue weighted by atomic mass is 16.5. The molecule has 2 aromatic rings. The van der Waals surface area contributed by atoms with Gasteiger partial charge in [-0.15, -0.1) is 0 Å². The number of benzene rings is 1. The van der Waals surface area contributed by atoms with Gasteiger partial charge >= 0.3 is 0 Å². The summed E-state index contributed by atoms with van der Waals surface area (Å²) in [5.41, 5.74) is 1.26. The lowest BCUT2D eigenvalue weighted by atomic mass is 10.2. The number of nitrogens with zero attached hydrogens (tertiary/aromatic N) is 3. The molecule has 1 aliphatic rings. The van der Waals surface area contributed by atoms with Crippen molar-refractivity contribution in [3.8, 4) is 11.6 Å². The molecule has 0 spiro atoms. The van der Waals surface area contributed by atoms with Crippen LogP contribution < -0.4 is 4.74 Å². The largest absolute Gasteiger partial charge is 0.478 e. The van der Waals surface area contributed by atoms with Gasteiger partial charge in [0, 0.05) is 19.2 Å². The van der Waals surface area contributed by atoms with Gasteiger partial charge in [0.1, 0.15) is 0 Å². The highest BCUT2D eigenvalue weighted by Gasteiger charge is 2.28. The molecule has 0 aliphatic carbocycles. The van der Waals surface area contributed by atoms with E-state index in [1.165, 1.54) is 0 Å². The van der Waals surface area contributed by atoms with Gasteiger partial charge in [-0.1, -0.05) is 18.2 Å². The van der Waals surface area contributed by atoms with E-state index in [9.17, 15) is 4.79 Å². The van der Waals surface area contributed by atoms with E-state index < -0.39 is 0 Å². The quantitative estimate of drug-likeness (QED) is 0.865. The molecular formula is C18H23N3O3. The van der Waals surface area contributed by atoms with Crippen LogP contribution in [0.25, 0.3) is 5.69 Å². The molecule has 0 radical (unpaired) electrons. The molecule has 0 saturated carbocycles. The lowest BCUT2D eigenvalue weighted by molar-refractivity contribution is -0.0587. The van der Waals surface area contributed by atoms with Crippen LogP contribution in [0.4, 0.5) is 0 Å². The summed E-state index contributed by atoms with van der Waals surface area (Å²) in [7, 11) is 0. The highest BCUT2D eigenvalue weighted by Crippen LogP contribution is 2.21. The topological polar surface area (TPSA) is 56.6 Å². The summed E-state index contributed by atoms with van der Waals surface area (Å²) in [6.07, 6.45) is 0.0561. The predicted molar refractivity (Wildman–Crippen MR) is 90.6 cm³/mol. The zero-order chi connectivity index (χ0) is 17.1. The second-order valence-corrected chi connectivity index (χ2v) is 6.02. The van der Waals surface area contributed by atoms with Crippen molar-refractivity contribution < 1.29 is 14.3 Å². The first-order valence-electron chi connectivity index (χ1n) is 8.31. The molecule has 1 saturated heterocycles. The monoisotopic (exact) mass is 329 g/mol. The Labute approximate surface area is 142 Å². The van der Waals surface area contributed by atoms with Crippen LogP contribution >= 0.6 is 0 Å². The number of carbonyl (C=O) groups is 1. The van der Waals surface area contributed by atoms with Crippen molar-refractivity contribution >= 4 is 5.91 Å². The van der Waals surface area contributed by atoms with Crippen molar-refractivity contribution in [2.45, 2.75) is 33.0 Å². The summed E-state index contributed by atoms with van der Waals surface area (Å²) in [5.74, 6) is 0.481. The van der Waals surface area contributed by atoms with Crippen molar-refractivity contribution in [1.82, 2.24) is 14.7 Å². The minimum absolute atomic E-state index is 0.0280. The summed E-state index contributed by atoms with van der Waals surface area (Å²) in [4.78, 5) is 14.6. The molecule has 2 atom stereocenters. The molecule has 2 heterocycles. The first kappa shape index (κ1) is 16.5. The van der Waals surface area contributed by atoms with Crippen LogP contribution in [0.3, 0.4) is 0 Å². The Kier molecular flexibility index (Phi) is 4.85. The number of hydrogen-bond acceptors (Lipinski definition) is 4. The van der Waals surface area contributed by atoms with E-state index in [1.807, 2.05) is 51.1 Å². The maximum atomic E-state index is 12.8. The number of para-hydroxylation sites is 1. The van der Waals surface area contributed by atoms with Gasteiger partial charge in [0.05, 0.1) is 24.5 Å². The number of amides is 1. The summed E-state index contributed by atoms with van der Waals surface area (Å²) in [6.45, 7) is 7.53. The Balaban J connectivity index is 1.89. The van der Waals surface area contributed by atoms with Crippen molar-refractivity contribution in [3.63, 3.8) is 0 Å². The van der Waals surface area contributed by atoms with Crippen LogP contribution in [0.1, 0.15) is 31.3 Å². The van der Waals surface area contributed by atoms with Gasteiger partial charge in [-0.2, -0.15) is 5.10 Å². The fraction of sp³-hybridized carbons (Fsp3) is 0.444. The fourth-order valence-corrected chi connectivity index (χ4v) is 2.98. The third-order valence-electron chi connectivity index (χ3n) is 3.90. The van der Waals surface area contributed by atoms with Crippen molar-refractivity contribution in [1.29, 1.82) is 0 Å². The first-order valence-corrected chi connectivity index (χ1v) is 8.31. The molecule has 3 rings (SSSR count). The molecule has 2 unspecified atom stereocenters. The zero-order valence-electron chi connectivity index (χ0n) is 14.3. The minimum Gasteiger partial charge on any atom is -0.478 e. The average Bonchev–Trinajstić information content (AvgIpc) is 2.98. The van der Waals surface area contributed by atoms with Gasteiger partial charge in [-0.3, -0.25) is 4.79 Å². The molecule has 6 heteroatoms. The minimum atomic E-state index is -0.0902. The lowest BCUT2D eigenvalue weighted by Crippen LogP contribution is -2.48. The van der Waals surface area contributed by atoms with E-state index in [2.05, 4.69) is 5.10 Å². The maximum absolute atomic E-state index is 12.8. The molecule has 6 nitrogen and oxygen atoms in total. The van der Waals surface area contributed by atoms with Crippen LogP contribution in [0.2, 0.25) is 0 Å². The third-order valence-corrected chi connectivity index (χ3v) is 3.90. The molecular weight excluding hydrogens is 306 g/mol. The normalized spacial score (nSPS) is 20.9. The number of carbonyl (C=O) groups excluding carboxylic acids is 1. The van der Waals surface area contributed by atoms with Crippen molar-refractivity contribution in [3.05, 3.63) is 42.1 Å². The predicted octanol–water partition coefficient (Wildman–Crippen LogP) is 2.52. The molecule has 1 aromatic heterocycles. The van der Waals surface area contributed by atoms with E-state index >= 15 is 0 Å². The molecule has 24 heavy (non-hydrogen) atoms. The highest BCUT2D eigenvalue weighted by molar-refractivity contribution is 5.92. The molecule has 128 valence electrons. The lowest BCUT2D eigenvalue weighted by Gasteiger charge is -2.34. The summed E-state index contributed by atoms with van der Waals surface area (Å²) < 4.78 is 13.0. The molecule has 1 aliphatic heterocycles. The van der Waals surface area contributed by atoms with E-state index in [0.717, 1.165) is 5.69 Å². The standard InChI is InChI=1S/C18H23N3O3/c1-4-23-17-10-16(19-21(17)15-8-6-5-7-9-15)18(22)20-11-13(2)24-14(3)12-20/h5-10,13-14H,4,11-12H2,1-3H3.